The first-order chi connectivity index (χ1) is 10.5. The SMILES string of the molecule is CCC(C)(C)[N]=[Ta].[CH-]1CCCCC1.[CH-]1CCCCC1.[CH2-]CC. The van der Waals surface area contributed by atoms with Crippen molar-refractivity contribution in [2.75, 3.05) is 0 Å². The summed E-state index contributed by atoms with van der Waals surface area (Å²) in [5.41, 5.74) is 0.258. The Morgan fingerprint density at radius 2 is 1.18 bits per heavy atom. The van der Waals surface area contributed by atoms with Crippen molar-refractivity contribution in [3.8, 4) is 0 Å². The molecule has 2 aliphatic rings. The molecule has 2 rings (SSSR count). The molecule has 0 aromatic carbocycles. The fourth-order valence-electron chi connectivity index (χ4n) is 1.87. The van der Waals surface area contributed by atoms with E-state index in [-0.39, 0.29) is 5.54 Å². The number of hydrogen-bond donors (Lipinski definition) is 0. The third-order valence-corrected chi connectivity index (χ3v) is 5.71. The summed E-state index contributed by atoms with van der Waals surface area (Å²) in [5.74, 6) is 0. The third-order valence-electron chi connectivity index (χ3n) is 3.77. The maximum absolute atomic E-state index is 4.25. The van der Waals surface area contributed by atoms with Crippen LogP contribution < -0.4 is 0 Å². The minimum Gasteiger partial charge on any atom is -0.344 e. The Bertz CT molecular complexity index is 171. The van der Waals surface area contributed by atoms with Crippen LogP contribution in [0.5, 0.6) is 0 Å². The molecule has 0 aliphatic heterocycles. The van der Waals surface area contributed by atoms with E-state index in [9.17, 15) is 0 Å². The Labute approximate surface area is 154 Å². The average molecular weight is 475 g/mol. The number of hydrogen-bond acceptors (Lipinski definition) is 1. The Kier molecular flexibility index (Phi) is 22.1. The molecule has 0 atom stereocenters. The molecule has 0 unspecified atom stereocenters. The van der Waals surface area contributed by atoms with Crippen molar-refractivity contribution in [3.63, 3.8) is 0 Å². The van der Waals surface area contributed by atoms with Gasteiger partial charge in [0.15, 0.2) is 0 Å². The van der Waals surface area contributed by atoms with Crippen LogP contribution in [0, 0.1) is 19.8 Å². The summed E-state index contributed by atoms with van der Waals surface area (Å²) in [6.45, 7) is 12.0. The first-order valence-corrected chi connectivity index (χ1v) is 10.8. The number of nitrogens with zero attached hydrogens (tertiary/aromatic N) is 1. The summed E-state index contributed by atoms with van der Waals surface area (Å²) >= 11 is 1.16. The molecular formula is C20H40NTa-3. The van der Waals surface area contributed by atoms with Crippen molar-refractivity contribution >= 4 is 0 Å². The van der Waals surface area contributed by atoms with Crippen LogP contribution in [0.2, 0.25) is 0 Å². The normalized spacial score (nSPS) is 17.5. The van der Waals surface area contributed by atoms with E-state index < -0.39 is 0 Å². The van der Waals surface area contributed by atoms with Gasteiger partial charge in [0.05, 0.1) is 0 Å². The van der Waals surface area contributed by atoms with Gasteiger partial charge < -0.3 is 19.8 Å². The van der Waals surface area contributed by atoms with Crippen molar-refractivity contribution in [3.05, 3.63) is 19.8 Å². The minimum atomic E-state index is 0.258. The number of rotatable bonds is 2. The van der Waals surface area contributed by atoms with Crippen molar-refractivity contribution < 1.29 is 20.9 Å². The molecule has 0 heterocycles. The maximum Gasteiger partial charge on any atom is -0.0582 e. The largest absolute Gasteiger partial charge is 0.344 e. The van der Waals surface area contributed by atoms with Gasteiger partial charge in [-0.15, -0.1) is 0 Å². The van der Waals surface area contributed by atoms with Gasteiger partial charge in [0, 0.05) is 0 Å². The van der Waals surface area contributed by atoms with E-state index in [0.29, 0.717) is 0 Å². The summed E-state index contributed by atoms with van der Waals surface area (Å²) < 4.78 is 4.25. The van der Waals surface area contributed by atoms with Crippen LogP contribution in [-0.4, -0.2) is 5.54 Å². The van der Waals surface area contributed by atoms with Gasteiger partial charge in [0.25, 0.3) is 0 Å². The molecule has 0 spiro atoms. The van der Waals surface area contributed by atoms with Crippen LogP contribution in [0.3, 0.4) is 0 Å². The summed E-state index contributed by atoms with van der Waals surface area (Å²) in [7, 11) is 0. The molecule has 0 bridgehead atoms. The third kappa shape index (κ3) is 22.8. The topological polar surface area (TPSA) is 12.4 Å². The predicted molar refractivity (Wildman–Crippen MR) is 97.2 cm³/mol. The Balaban J connectivity index is 0. The monoisotopic (exact) mass is 475 g/mol. The van der Waals surface area contributed by atoms with E-state index in [4.69, 9.17) is 0 Å². The van der Waals surface area contributed by atoms with Crippen molar-refractivity contribution in [1.82, 2.24) is 0 Å². The molecule has 2 aliphatic carbocycles. The van der Waals surface area contributed by atoms with Gasteiger partial charge in [0.2, 0.25) is 0 Å². The van der Waals surface area contributed by atoms with E-state index in [2.05, 4.69) is 43.9 Å². The Hall–Kier alpha value is 0.540. The smallest absolute Gasteiger partial charge is 0.0582 e. The molecule has 0 amide bonds. The van der Waals surface area contributed by atoms with Crippen LogP contribution in [-0.2, 0) is 20.9 Å². The second kappa shape index (κ2) is 19.6. The average Bonchev–Trinajstić information content (AvgIpc) is 2.60. The molecule has 1 nitrogen and oxygen atoms in total. The van der Waals surface area contributed by atoms with E-state index in [1.54, 1.807) is 0 Å². The predicted octanol–water partition coefficient (Wildman–Crippen LogP) is 7.45. The van der Waals surface area contributed by atoms with Gasteiger partial charge in [-0.3, -0.25) is 0 Å². The fraction of sp³-hybridized carbons (Fsp3) is 0.850. The van der Waals surface area contributed by atoms with E-state index in [0.717, 1.165) is 33.7 Å². The van der Waals surface area contributed by atoms with E-state index >= 15 is 0 Å². The summed E-state index contributed by atoms with van der Waals surface area (Å²) in [6, 6.07) is 0. The van der Waals surface area contributed by atoms with Crippen molar-refractivity contribution in [2.45, 2.75) is 110 Å². The molecule has 22 heavy (non-hydrogen) atoms. The Morgan fingerprint density at radius 1 is 0.864 bits per heavy atom. The van der Waals surface area contributed by atoms with Crippen LogP contribution in [0.4, 0.5) is 0 Å². The first kappa shape index (κ1) is 24.8. The van der Waals surface area contributed by atoms with Crippen molar-refractivity contribution in [1.29, 1.82) is 0 Å². The molecular weight excluding hydrogens is 435 g/mol. The Morgan fingerprint density at radius 3 is 1.23 bits per heavy atom. The van der Waals surface area contributed by atoms with Gasteiger partial charge in [0.1, 0.15) is 0 Å². The molecule has 0 aromatic rings. The van der Waals surface area contributed by atoms with E-state index in [1.165, 1.54) is 64.2 Å². The molecule has 133 valence electrons. The molecule has 0 saturated heterocycles. The van der Waals surface area contributed by atoms with Gasteiger partial charge in [-0.1, -0.05) is 45.4 Å². The second-order valence-electron chi connectivity index (χ2n) is 6.62. The zero-order chi connectivity index (χ0) is 17.1. The maximum atomic E-state index is 4.25. The molecule has 0 N–H and O–H groups in total. The van der Waals surface area contributed by atoms with Crippen LogP contribution >= 0.6 is 0 Å². The van der Waals surface area contributed by atoms with Crippen LogP contribution in [0.15, 0.2) is 3.34 Å². The molecule has 2 heteroatoms. The van der Waals surface area contributed by atoms with Crippen LogP contribution in [0.1, 0.15) is 105 Å². The first-order valence-electron chi connectivity index (χ1n) is 9.32. The standard InChI is InChI=1S/2C6H11.C5H11N.C3H7.Ta/c2*1-2-4-6-5-3-1;1-4-5(2,3)6;1-3-2;/h2*1H,2-6H2;4H2,1-3H3;1,3H2,2H3;/q2*-1;;-1;. The molecule has 0 aromatic heterocycles. The summed E-state index contributed by atoms with van der Waals surface area (Å²) in [4.78, 5) is 0. The van der Waals surface area contributed by atoms with Gasteiger partial charge >= 0.3 is 57.0 Å². The minimum absolute atomic E-state index is 0.258. The van der Waals surface area contributed by atoms with Gasteiger partial charge in [-0.2, -0.15) is 32.1 Å². The summed E-state index contributed by atoms with van der Waals surface area (Å²) in [6.07, 6.45) is 21.2. The van der Waals surface area contributed by atoms with E-state index in [1.807, 2.05) is 6.92 Å². The zero-order valence-electron chi connectivity index (χ0n) is 15.7. The van der Waals surface area contributed by atoms with Gasteiger partial charge in [-0.05, 0) is 0 Å². The molecule has 2 saturated carbocycles. The molecule has 0 radical (unpaired) electrons. The fourth-order valence-corrected chi connectivity index (χ4v) is 2.38. The molecule has 2 fully saturated rings. The summed E-state index contributed by atoms with van der Waals surface area (Å²) in [5, 5.41) is 0. The quantitative estimate of drug-likeness (QED) is 0.368. The zero-order valence-corrected chi connectivity index (χ0v) is 19.0. The second-order valence-corrected chi connectivity index (χ2v) is 7.34. The van der Waals surface area contributed by atoms with Crippen molar-refractivity contribution in [2.24, 2.45) is 3.34 Å². The van der Waals surface area contributed by atoms with Gasteiger partial charge in [-0.25, -0.2) is 0 Å². The van der Waals surface area contributed by atoms with Crippen LogP contribution in [0.25, 0.3) is 0 Å².